The molecule has 0 amide bonds. The van der Waals surface area contributed by atoms with Crippen LogP contribution < -0.4 is 4.72 Å². The monoisotopic (exact) mass is 389 g/mol. The number of sulfonamides is 1. The summed E-state index contributed by atoms with van der Waals surface area (Å²) < 4.78 is 33.3. The first-order valence-corrected chi connectivity index (χ1v) is 9.60. The van der Waals surface area contributed by atoms with Gasteiger partial charge in [0.2, 0.25) is 5.89 Å². The van der Waals surface area contributed by atoms with Crippen LogP contribution in [0, 0.1) is 11.3 Å². The van der Waals surface area contributed by atoms with Gasteiger partial charge in [0.05, 0.1) is 21.2 Å². The Balaban J connectivity index is 1.94. The molecule has 1 heterocycles. The Hall–Kier alpha value is -2.56. The van der Waals surface area contributed by atoms with E-state index in [4.69, 9.17) is 21.3 Å². The third-order valence-electron chi connectivity index (χ3n) is 3.65. The first-order chi connectivity index (χ1) is 12.1. The predicted octanol–water partition coefficient (Wildman–Crippen LogP) is 4.45. The van der Waals surface area contributed by atoms with Gasteiger partial charge in [0.15, 0.2) is 5.58 Å². The SMILES string of the molecule is CC(C)(C)c1nc2cc(NS(=O)(=O)c3ccc(C#N)c(Cl)c3)ccc2o1. The van der Waals surface area contributed by atoms with Crippen molar-refractivity contribution >= 4 is 38.4 Å². The molecule has 2 aromatic carbocycles. The van der Waals surface area contributed by atoms with E-state index in [-0.39, 0.29) is 20.9 Å². The molecule has 1 aromatic heterocycles. The summed E-state index contributed by atoms with van der Waals surface area (Å²) in [6, 6.07) is 10.7. The van der Waals surface area contributed by atoms with Gasteiger partial charge in [-0.1, -0.05) is 32.4 Å². The topological polar surface area (TPSA) is 96.0 Å². The van der Waals surface area contributed by atoms with Crippen LogP contribution in [0.25, 0.3) is 11.1 Å². The first-order valence-electron chi connectivity index (χ1n) is 7.74. The van der Waals surface area contributed by atoms with Crippen LogP contribution in [-0.4, -0.2) is 13.4 Å². The van der Waals surface area contributed by atoms with Crippen molar-refractivity contribution in [3.8, 4) is 6.07 Å². The average Bonchev–Trinajstić information content (AvgIpc) is 2.98. The van der Waals surface area contributed by atoms with Crippen molar-refractivity contribution in [2.24, 2.45) is 0 Å². The van der Waals surface area contributed by atoms with Crippen molar-refractivity contribution in [1.29, 1.82) is 5.26 Å². The molecular weight excluding hydrogens is 374 g/mol. The smallest absolute Gasteiger partial charge is 0.261 e. The third-order valence-corrected chi connectivity index (χ3v) is 5.34. The second-order valence-electron chi connectivity index (χ2n) is 6.81. The van der Waals surface area contributed by atoms with Crippen LogP contribution in [0.5, 0.6) is 0 Å². The van der Waals surface area contributed by atoms with Gasteiger partial charge >= 0.3 is 0 Å². The fraction of sp³-hybridized carbons (Fsp3) is 0.222. The molecule has 0 spiro atoms. The summed E-state index contributed by atoms with van der Waals surface area (Å²) in [5.41, 5.74) is 1.46. The largest absolute Gasteiger partial charge is 0.440 e. The minimum atomic E-state index is -3.85. The van der Waals surface area contributed by atoms with Gasteiger partial charge in [0.25, 0.3) is 10.0 Å². The standard InChI is InChI=1S/C18H16ClN3O3S/c1-18(2,3)17-21-15-8-12(5-7-16(15)25-17)22-26(23,24)13-6-4-11(10-20)14(19)9-13/h4-9,22H,1-3H3. The van der Waals surface area contributed by atoms with Crippen molar-refractivity contribution < 1.29 is 12.8 Å². The highest BCUT2D eigenvalue weighted by Crippen LogP contribution is 2.28. The number of fused-ring (bicyclic) bond motifs is 1. The Morgan fingerprint density at radius 1 is 1.19 bits per heavy atom. The lowest BCUT2D eigenvalue weighted by Crippen LogP contribution is -2.13. The van der Waals surface area contributed by atoms with E-state index in [1.165, 1.54) is 18.2 Å². The molecule has 8 heteroatoms. The molecule has 1 N–H and O–H groups in total. The Kier molecular flexibility index (Phi) is 4.42. The van der Waals surface area contributed by atoms with Crippen molar-refractivity contribution in [3.63, 3.8) is 0 Å². The highest BCUT2D eigenvalue weighted by atomic mass is 35.5. The Bertz CT molecular complexity index is 1140. The quantitative estimate of drug-likeness (QED) is 0.713. The maximum Gasteiger partial charge on any atom is 0.261 e. The molecule has 0 fully saturated rings. The Morgan fingerprint density at radius 2 is 1.92 bits per heavy atom. The van der Waals surface area contributed by atoms with E-state index in [1.807, 2.05) is 26.8 Å². The molecule has 0 aliphatic heterocycles. The molecule has 26 heavy (non-hydrogen) atoms. The Labute approximate surface area is 156 Å². The molecule has 134 valence electrons. The van der Waals surface area contributed by atoms with E-state index in [2.05, 4.69) is 9.71 Å². The maximum absolute atomic E-state index is 12.6. The van der Waals surface area contributed by atoms with Crippen LogP contribution in [0.1, 0.15) is 32.2 Å². The molecule has 0 radical (unpaired) electrons. The molecule has 6 nitrogen and oxygen atoms in total. The zero-order chi connectivity index (χ0) is 19.1. The molecule has 0 aliphatic rings. The molecule has 0 atom stereocenters. The predicted molar refractivity (Wildman–Crippen MR) is 99.7 cm³/mol. The van der Waals surface area contributed by atoms with Crippen molar-refractivity contribution in [2.45, 2.75) is 31.1 Å². The number of hydrogen-bond acceptors (Lipinski definition) is 5. The van der Waals surface area contributed by atoms with Crippen LogP contribution in [0.15, 0.2) is 45.7 Å². The van der Waals surface area contributed by atoms with Crippen LogP contribution in [0.3, 0.4) is 0 Å². The number of nitrogens with zero attached hydrogens (tertiary/aromatic N) is 2. The highest BCUT2D eigenvalue weighted by molar-refractivity contribution is 7.92. The lowest BCUT2D eigenvalue weighted by atomic mass is 9.97. The molecule has 0 saturated heterocycles. The van der Waals surface area contributed by atoms with Crippen molar-refractivity contribution in [1.82, 2.24) is 4.98 Å². The fourth-order valence-electron chi connectivity index (χ4n) is 2.28. The summed E-state index contributed by atoms with van der Waals surface area (Å²) in [5.74, 6) is 0.575. The summed E-state index contributed by atoms with van der Waals surface area (Å²) in [5, 5.41) is 8.97. The van der Waals surface area contributed by atoms with E-state index in [9.17, 15) is 8.42 Å². The number of benzene rings is 2. The van der Waals surface area contributed by atoms with Gasteiger partial charge in [0.1, 0.15) is 11.6 Å². The van der Waals surface area contributed by atoms with Gasteiger partial charge in [-0.2, -0.15) is 5.26 Å². The zero-order valence-electron chi connectivity index (χ0n) is 14.4. The van der Waals surface area contributed by atoms with E-state index in [0.29, 0.717) is 22.7 Å². The number of anilines is 1. The van der Waals surface area contributed by atoms with Gasteiger partial charge in [-0.05, 0) is 36.4 Å². The summed E-state index contributed by atoms with van der Waals surface area (Å²) in [6.45, 7) is 5.95. The molecule has 0 bridgehead atoms. The van der Waals surface area contributed by atoms with E-state index in [1.54, 1.807) is 18.2 Å². The van der Waals surface area contributed by atoms with Gasteiger partial charge in [-0.3, -0.25) is 4.72 Å². The normalized spacial score (nSPS) is 12.1. The van der Waals surface area contributed by atoms with E-state index in [0.717, 1.165) is 0 Å². The van der Waals surface area contributed by atoms with Crippen molar-refractivity contribution in [3.05, 3.63) is 52.9 Å². The number of nitrogens with one attached hydrogen (secondary N) is 1. The van der Waals surface area contributed by atoms with Crippen LogP contribution in [0.2, 0.25) is 5.02 Å². The molecule has 0 saturated carbocycles. The summed E-state index contributed by atoms with van der Waals surface area (Å²) in [4.78, 5) is 4.40. The number of nitriles is 1. The van der Waals surface area contributed by atoms with Crippen LogP contribution in [-0.2, 0) is 15.4 Å². The minimum absolute atomic E-state index is 0.0304. The number of halogens is 1. The molecule has 0 aliphatic carbocycles. The van der Waals surface area contributed by atoms with Gasteiger partial charge < -0.3 is 4.42 Å². The lowest BCUT2D eigenvalue weighted by Gasteiger charge is -2.11. The Morgan fingerprint density at radius 3 is 2.54 bits per heavy atom. The van der Waals surface area contributed by atoms with E-state index >= 15 is 0 Å². The summed E-state index contributed by atoms with van der Waals surface area (Å²) in [6.07, 6.45) is 0. The number of aromatic nitrogens is 1. The second-order valence-corrected chi connectivity index (χ2v) is 8.90. The summed E-state index contributed by atoms with van der Waals surface area (Å²) >= 11 is 5.92. The second kappa shape index (κ2) is 6.31. The minimum Gasteiger partial charge on any atom is -0.440 e. The van der Waals surface area contributed by atoms with E-state index < -0.39 is 10.0 Å². The highest BCUT2D eigenvalue weighted by Gasteiger charge is 2.22. The first kappa shape index (κ1) is 18.2. The van der Waals surface area contributed by atoms with Crippen LogP contribution >= 0.6 is 11.6 Å². The third kappa shape index (κ3) is 3.52. The lowest BCUT2D eigenvalue weighted by molar-refractivity contribution is 0.411. The maximum atomic E-state index is 12.6. The summed E-state index contributed by atoms with van der Waals surface area (Å²) in [7, 11) is -3.85. The number of rotatable bonds is 3. The van der Waals surface area contributed by atoms with Gasteiger partial charge in [0, 0.05) is 5.41 Å². The molecular formula is C18H16ClN3O3S. The number of oxazole rings is 1. The average molecular weight is 390 g/mol. The van der Waals surface area contributed by atoms with Gasteiger partial charge in [-0.15, -0.1) is 0 Å². The number of hydrogen-bond donors (Lipinski definition) is 1. The van der Waals surface area contributed by atoms with Crippen LogP contribution in [0.4, 0.5) is 5.69 Å². The molecule has 0 unspecified atom stereocenters. The zero-order valence-corrected chi connectivity index (χ0v) is 15.9. The van der Waals surface area contributed by atoms with Gasteiger partial charge in [-0.25, -0.2) is 13.4 Å². The molecule has 3 rings (SSSR count). The van der Waals surface area contributed by atoms with Crippen molar-refractivity contribution in [2.75, 3.05) is 4.72 Å². The fourth-order valence-corrected chi connectivity index (χ4v) is 3.64. The molecule has 3 aromatic rings.